The monoisotopic (exact) mass is 295 g/mol. The van der Waals surface area contributed by atoms with E-state index in [2.05, 4.69) is 10.1 Å². The van der Waals surface area contributed by atoms with Gasteiger partial charge in [0.25, 0.3) is 5.91 Å². The Morgan fingerprint density at radius 3 is 2.33 bits per heavy atom. The third-order valence-electron chi connectivity index (χ3n) is 2.63. The van der Waals surface area contributed by atoms with Gasteiger partial charge >= 0.3 is 6.36 Å². The van der Waals surface area contributed by atoms with E-state index in [1.807, 2.05) is 13.0 Å². The molecule has 21 heavy (non-hydrogen) atoms. The molecule has 0 saturated heterocycles. The van der Waals surface area contributed by atoms with Crippen molar-refractivity contribution in [1.82, 2.24) is 0 Å². The molecule has 0 spiro atoms. The van der Waals surface area contributed by atoms with Gasteiger partial charge in [0.2, 0.25) is 0 Å². The zero-order chi connectivity index (χ0) is 15.5. The maximum atomic E-state index is 12.0. The van der Waals surface area contributed by atoms with Crippen LogP contribution in [0, 0.1) is 6.92 Å². The standard InChI is InChI=1S/C15H12F3NO2/c1-10-3-2-4-12(9-10)19-14(20)11-5-7-13(8-6-11)21-15(16,17)18/h2-9H,1H3,(H,19,20). The molecule has 1 amide bonds. The van der Waals surface area contributed by atoms with E-state index in [-0.39, 0.29) is 11.3 Å². The van der Waals surface area contributed by atoms with E-state index in [9.17, 15) is 18.0 Å². The molecule has 1 N–H and O–H groups in total. The minimum absolute atomic E-state index is 0.242. The third-order valence-corrected chi connectivity index (χ3v) is 2.63. The van der Waals surface area contributed by atoms with Crippen LogP contribution in [-0.4, -0.2) is 12.3 Å². The van der Waals surface area contributed by atoms with Crippen LogP contribution in [0.4, 0.5) is 18.9 Å². The molecule has 0 unspecified atom stereocenters. The van der Waals surface area contributed by atoms with Crippen LogP contribution in [0.3, 0.4) is 0 Å². The van der Waals surface area contributed by atoms with E-state index in [0.29, 0.717) is 5.69 Å². The molecule has 0 aliphatic rings. The number of anilines is 1. The summed E-state index contributed by atoms with van der Waals surface area (Å²) in [5.41, 5.74) is 1.85. The fourth-order valence-electron chi connectivity index (χ4n) is 1.73. The molecule has 0 saturated carbocycles. The number of aryl methyl sites for hydroxylation is 1. The summed E-state index contributed by atoms with van der Waals surface area (Å²) in [6.45, 7) is 1.89. The summed E-state index contributed by atoms with van der Waals surface area (Å²) in [6, 6.07) is 11.9. The fourth-order valence-corrected chi connectivity index (χ4v) is 1.73. The Kier molecular flexibility index (Phi) is 4.16. The fraction of sp³-hybridized carbons (Fsp3) is 0.133. The number of carbonyl (C=O) groups excluding carboxylic acids is 1. The van der Waals surface area contributed by atoms with E-state index in [4.69, 9.17) is 0 Å². The lowest BCUT2D eigenvalue weighted by atomic mass is 10.2. The molecule has 6 heteroatoms. The van der Waals surface area contributed by atoms with Crippen molar-refractivity contribution in [3.8, 4) is 5.75 Å². The number of alkyl halides is 3. The van der Waals surface area contributed by atoms with Gasteiger partial charge in [0, 0.05) is 11.3 Å². The predicted octanol–water partition coefficient (Wildman–Crippen LogP) is 4.15. The SMILES string of the molecule is Cc1cccc(NC(=O)c2ccc(OC(F)(F)F)cc2)c1. The van der Waals surface area contributed by atoms with Gasteiger partial charge in [0.05, 0.1) is 0 Å². The molecule has 110 valence electrons. The lowest BCUT2D eigenvalue weighted by Gasteiger charge is -2.09. The highest BCUT2D eigenvalue weighted by molar-refractivity contribution is 6.04. The first-order valence-electron chi connectivity index (χ1n) is 6.07. The van der Waals surface area contributed by atoms with Crippen molar-refractivity contribution in [3.63, 3.8) is 0 Å². The number of carbonyl (C=O) groups is 1. The lowest BCUT2D eigenvalue weighted by Crippen LogP contribution is -2.17. The number of halogens is 3. The number of nitrogens with one attached hydrogen (secondary N) is 1. The van der Waals surface area contributed by atoms with Gasteiger partial charge in [0.1, 0.15) is 5.75 Å². The van der Waals surface area contributed by atoms with Crippen molar-refractivity contribution in [2.24, 2.45) is 0 Å². The van der Waals surface area contributed by atoms with Crippen LogP contribution in [-0.2, 0) is 0 Å². The maximum Gasteiger partial charge on any atom is 0.573 e. The summed E-state index contributed by atoms with van der Waals surface area (Å²) in [5, 5.41) is 2.66. The lowest BCUT2D eigenvalue weighted by molar-refractivity contribution is -0.274. The topological polar surface area (TPSA) is 38.3 Å². The summed E-state index contributed by atoms with van der Waals surface area (Å²) in [7, 11) is 0. The van der Waals surface area contributed by atoms with Gasteiger partial charge in [-0.05, 0) is 48.9 Å². The number of hydrogen-bond donors (Lipinski definition) is 1. The Balaban J connectivity index is 2.06. The van der Waals surface area contributed by atoms with Gasteiger partial charge in [-0.2, -0.15) is 0 Å². The molecule has 2 rings (SSSR count). The average molecular weight is 295 g/mol. The van der Waals surface area contributed by atoms with Crippen LogP contribution in [0.2, 0.25) is 0 Å². The van der Waals surface area contributed by atoms with Gasteiger partial charge in [-0.3, -0.25) is 4.79 Å². The Morgan fingerprint density at radius 1 is 1.10 bits per heavy atom. The zero-order valence-corrected chi connectivity index (χ0v) is 11.1. The second-order valence-electron chi connectivity index (χ2n) is 4.40. The van der Waals surface area contributed by atoms with Crippen LogP contribution in [0.5, 0.6) is 5.75 Å². The maximum absolute atomic E-state index is 12.0. The molecule has 0 heterocycles. The van der Waals surface area contributed by atoms with Crippen LogP contribution in [0.25, 0.3) is 0 Å². The molecule has 0 aliphatic heterocycles. The first-order chi connectivity index (χ1) is 9.83. The number of hydrogen-bond acceptors (Lipinski definition) is 2. The van der Waals surface area contributed by atoms with Crippen molar-refractivity contribution in [2.75, 3.05) is 5.32 Å². The molecule has 0 bridgehead atoms. The molecule has 0 aromatic heterocycles. The highest BCUT2D eigenvalue weighted by atomic mass is 19.4. The number of benzene rings is 2. The molecule has 0 radical (unpaired) electrons. The van der Waals surface area contributed by atoms with Crippen LogP contribution >= 0.6 is 0 Å². The molecule has 0 fully saturated rings. The van der Waals surface area contributed by atoms with Crippen molar-refractivity contribution in [3.05, 3.63) is 59.7 Å². The molecule has 3 nitrogen and oxygen atoms in total. The van der Waals surface area contributed by atoms with Crippen LogP contribution in [0.15, 0.2) is 48.5 Å². The molecular weight excluding hydrogens is 283 g/mol. The summed E-state index contributed by atoms with van der Waals surface area (Å²) >= 11 is 0. The number of rotatable bonds is 3. The highest BCUT2D eigenvalue weighted by Gasteiger charge is 2.31. The Labute approximate surface area is 119 Å². The Morgan fingerprint density at radius 2 is 1.76 bits per heavy atom. The van der Waals surface area contributed by atoms with Crippen LogP contribution < -0.4 is 10.1 Å². The molecule has 0 atom stereocenters. The Hall–Kier alpha value is -2.50. The average Bonchev–Trinajstić information content (AvgIpc) is 2.37. The molecule has 2 aromatic rings. The van der Waals surface area contributed by atoms with Gasteiger partial charge in [-0.15, -0.1) is 13.2 Å². The second-order valence-corrected chi connectivity index (χ2v) is 4.40. The van der Waals surface area contributed by atoms with Crippen molar-refractivity contribution in [2.45, 2.75) is 13.3 Å². The van der Waals surface area contributed by atoms with Gasteiger partial charge in [0.15, 0.2) is 0 Å². The zero-order valence-electron chi connectivity index (χ0n) is 11.1. The van der Waals surface area contributed by atoms with Gasteiger partial charge in [-0.25, -0.2) is 0 Å². The van der Waals surface area contributed by atoms with Crippen molar-refractivity contribution in [1.29, 1.82) is 0 Å². The summed E-state index contributed by atoms with van der Waals surface area (Å²) in [6.07, 6.45) is -4.74. The quantitative estimate of drug-likeness (QED) is 0.924. The number of ether oxygens (including phenoxy) is 1. The van der Waals surface area contributed by atoms with Gasteiger partial charge in [-0.1, -0.05) is 12.1 Å². The van der Waals surface area contributed by atoms with E-state index < -0.39 is 12.3 Å². The van der Waals surface area contributed by atoms with E-state index in [1.54, 1.807) is 18.2 Å². The van der Waals surface area contributed by atoms with Crippen molar-refractivity contribution >= 4 is 11.6 Å². The Bertz CT molecular complexity index is 636. The normalized spacial score (nSPS) is 11.0. The second kappa shape index (κ2) is 5.87. The number of amides is 1. The minimum atomic E-state index is -4.74. The predicted molar refractivity (Wildman–Crippen MR) is 72.3 cm³/mol. The molecule has 2 aromatic carbocycles. The van der Waals surface area contributed by atoms with Crippen LogP contribution in [0.1, 0.15) is 15.9 Å². The van der Waals surface area contributed by atoms with Gasteiger partial charge < -0.3 is 10.1 Å². The smallest absolute Gasteiger partial charge is 0.406 e. The van der Waals surface area contributed by atoms with Crippen molar-refractivity contribution < 1.29 is 22.7 Å². The largest absolute Gasteiger partial charge is 0.573 e. The minimum Gasteiger partial charge on any atom is -0.406 e. The third kappa shape index (κ3) is 4.52. The summed E-state index contributed by atoms with van der Waals surface area (Å²) in [5.74, 6) is -0.770. The first-order valence-corrected chi connectivity index (χ1v) is 6.07. The molecular formula is C15H12F3NO2. The summed E-state index contributed by atoms with van der Waals surface area (Å²) in [4.78, 5) is 11.9. The summed E-state index contributed by atoms with van der Waals surface area (Å²) < 4.78 is 39.8. The van der Waals surface area contributed by atoms with E-state index >= 15 is 0 Å². The van der Waals surface area contributed by atoms with E-state index in [1.165, 1.54) is 12.1 Å². The highest BCUT2D eigenvalue weighted by Crippen LogP contribution is 2.23. The molecule has 0 aliphatic carbocycles. The first kappa shape index (κ1) is 14.9. The van der Waals surface area contributed by atoms with E-state index in [0.717, 1.165) is 17.7 Å².